The summed E-state index contributed by atoms with van der Waals surface area (Å²) < 4.78 is 5.18. The van der Waals surface area contributed by atoms with Gasteiger partial charge in [-0.05, 0) is 24.5 Å². The van der Waals surface area contributed by atoms with Crippen molar-refractivity contribution in [2.75, 3.05) is 17.3 Å². The lowest BCUT2D eigenvalue weighted by Crippen LogP contribution is -2.54. The first-order valence-electron chi connectivity index (χ1n) is 11.0. The quantitative estimate of drug-likeness (QED) is 0.404. The van der Waals surface area contributed by atoms with Crippen molar-refractivity contribution in [3.63, 3.8) is 0 Å². The Morgan fingerprint density at radius 3 is 2.50 bits per heavy atom. The molecule has 2 saturated heterocycles. The van der Waals surface area contributed by atoms with Crippen LogP contribution in [-0.4, -0.2) is 35.8 Å². The molecule has 0 aliphatic carbocycles. The molecule has 3 heterocycles. The van der Waals surface area contributed by atoms with Crippen LogP contribution >= 0.6 is 0 Å². The minimum atomic E-state index is -1.38. The largest absolute Gasteiger partial charge is 0.490 e. The summed E-state index contributed by atoms with van der Waals surface area (Å²) in [6, 6.07) is 9.36. The third-order valence-corrected chi connectivity index (χ3v) is 7.21. The van der Waals surface area contributed by atoms with E-state index in [1.54, 1.807) is 31.2 Å². The van der Waals surface area contributed by atoms with E-state index in [1.807, 2.05) is 13.8 Å². The van der Waals surface area contributed by atoms with Crippen LogP contribution < -0.4 is 20.3 Å². The summed E-state index contributed by atoms with van der Waals surface area (Å²) >= 11 is 0. The maximum Gasteiger partial charge on any atom is 0.311 e. The molecule has 5 rings (SSSR count). The smallest absolute Gasteiger partial charge is 0.311 e. The molecule has 10 heteroatoms. The van der Waals surface area contributed by atoms with Crippen LogP contribution in [0.4, 0.5) is 17.1 Å². The van der Waals surface area contributed by atoms with Crippen LogP contribution in [0.15, 0.2) is 36.4 Å². The number of fused-ring (bicyclic) bond motifs is 4. The number of nitrogens with zero attached hydrogens (tertiary/aromatic N) is 2. The Labute approximate surface area is 195 Å². The minimum absolute atomic E-state index is 0.0448. The third-order valence-electron chi connectivity index (χ3n) is 7.21. The Morgan fingerprint density at radius 2 is 1.85 bits per heavy atom. The summed E-state index contributed by atoms with van der Waals surface area (Å²) in [5.41, 5.74) is 0.209. The molecule has 0 saturated carbocycles. The number of ether oxygens (including phenoxy) is 1. The van der Waals surface area contributed by atoms with Gasteiger partial charge in [-0.1, -0.05) is 32.0 Å². The lowest BCUT2D eigenvalue weighted by molar-refractivity contribution is -0.385. The molecule has 34 heavy (non-hydrogen) atoms. The molecule has 2 aromatic rings. The van der Waals surface area contributed by atoms with Gasteiger partial charge in [0.15, 0.2) is 5.75 Å². The van der Waals surface area contributed by atoms with Crippen LogP contribution in [-0.2, 0) is 19.9 Å². The predicted molar refractivity (Wildman–Crippen MR) is 122 cm³/mol. The van der Waals surface area contributed by atoms with Gasteiger partial charge in [0.25, 0.3) is 0 Å². The molecule has 1 spiro atoms. The number of nitrogens with one attached hydrogen (secondary N) is 2. The highest BCUT2D eigenvalue weighted by atomic mass is 16.6. The lowest BCUT2D eigenvalue weighted by atomic mass is 9.76. The van der Waals surface area contributed by atoms with E-state index < -0.39 is 40.2 Å². The Bertz CT molecular complexity index is 1270. The number of benzene rings is 2. The minimum Gasteiger partial charge on any atom is -0.490 e. The fourth-order valence-corrected chi connectivity index (χ4v) is 5.71. The molecule has 0 unspecified atom stereocenters. The number of imide groups is 1. The second-order valence-electron chi connectivity index (χ2n) is 9.30. The summed E-state index contributed by atoms with van der Waals surface area (Å²) in [5.74, 6) is -3.16. The van der Waals surface area contributed by atoms with E-state index in [1.165, 1.54) is 19.2 Å². The number of amides is 3. The van der Waals surface area contributed by atoms with Gasteiger partial charge in [0, 0.05) is 29.4 Å². The standard InChI is InChI=1S/C24H24N4O6/c1-11(2)20-18-19(24(26-20)13-7-5-6-8-14(13)25-23(24)31)22(30)27(21(18)29)15-10-17(34-4)16(28(32)33)9-12(15)3/h5-11,18-20,26H,1-4H3,(H,25,31)/t18-,19+,20-,24+/m0/s1. The average molecular weight is 464 g/mol. The zero-order valence-corrected chi connectivity index (χ0v) is 19.1. The Hall–Kier alpha value is -3.79. The van der Waals surface area contributed by atoms with E-state index in [4.69, 9.17) is 4.74 Å². The normalized spacial score (nSPS) is 27.4. The molecule has 0 aromatic heterocycles. The number of nitro groups is 1. The first-order valence-corrected chi connectivity index (χ1v) is 11.0. The fourth-order valence-electron chi connectivity index (χ4n) is 5.71. The number of aryl methyl sites for hydroxylation is 1. The van der Waals surface area contributed by atoms with Gasteiger partial charge >= 0.3 is 5.69 Å². The number of para-hydroxylation sites is 1. The van der Waals surface area contributed by atoms with Gasteiger partial charge in [0.05, 0.1) is 29.6 Å². The zero-order chi connectivity index (χ0) is 24.5. The summed E-state index contributed by atoms with van der Waals surface area (Å²) in [5, 5.41) is 17.7. The Kier molecular flexibility index (Phi) is 4.77. The highest BCUT2D eigenvalue weighted by Gasteiger charge is 2.71. The molecule has 0 radical (unpaired) electrons. The van der Waals surface area contributed by atoms with Gasteiger partial charge in [0.2, 0.25) is 17.7 Å². The maximum atomic E-state index is 14.0. The molecule has 2 aromatic carbocycles. The number of methoxy groups -OCH3 is 1. The van der Waals surface area contributed by atoms with Crippen molar-refractivity contribution in [1.82, 2.24) is 5.32 Å². The van der Waals surface area contributed by atoms with E-state index in [-0.39, 0.29) is 28.9 Å². The van der Waals surface area contributed by atoms with E-state index in [0.29, 0.717) is 16.8 Å². The van der Waals surface area contributed by atoms with Crippen molar-refractivity contribution in [2.24, 2.45) is 17.8 Å². The molecular weight excluding hydrogens is 440 g/mol. The van der Waals surface area contributed by atoms with E-state index in [9.17, 15) is 24.5 Å². The molecular formula is C24H24N4O6. The third kappa shape index (κ3) is 2.68. The van der Waals surface area contributed by atoms with Crippen LogP contribution in [0.1, 0.15) is 25.0 Å². The van der Waals surface area contributed by atoms with E-state index in [0.717, 1.165) is 4.90 Å². The van der Waals surface area contributed by atoms with Gasteiger partial charge in [0.1, 0.15) is 5.54 Å². The number of carbonyl (C=O) groups is 3. The number of rotatable bonds is 4. The maximum absolute atomic E-state index is 14.0. The number of hydrogen-bond donors (Lipinski definition) is 2. The predicted octanol–water partition coefficient (Wildman–Crippen LogP) is 2.49. The lowest BCUT2D eigenvalue weighted by Gasteiger charge is -2.30. The zero-order valence-electron chi connectivity index (χ0n) is 19.1. The number of hydrogen-bond acceptors (Lipinski definition) is 7. The van der Waals surface area contributed by atoms with Crippen LogP contribution in [0.3, 0.4) is 0 Å². The van der Waals surface area contributed by atoms with Gasteiger partial charge < -0.3 is 10.1 Å². The van der Waals surface area contributed by atoms with Crippen LogP contribution in [0, 0.1) is 34.8 Å². The summed E-state index contributed by atoms with van der Waals surface area (Å²) in [6.07, 6.45) is 0. The fraction of sp³-hybridized carbons (Fsp3) is 0.375. The molecule has 10 nitrogen and oxygen atoms in total. The molecule has 3 aliphatic heterocycles. The van der Waals surface area contributed by atoms with Gasteiger partial charge in [-0.2, -0.15) is 0 Å². The molecule has 2 N–H and O–H groups in total. The van der Waals surface area contributed by atoms with Crippen LogP contribution in [0.2, 0.25) is 0 Å². The monoisotopic (exact) mass is 464 g/mol. The van der Waals surface area contributed by atoms with Crippen molar-refractivity contribution in [2.45, 2.75) is 32.4 Å². The van der Waals surface area contributed by atoms with Gasteiger partial charge in [-0.3, -0.25) is 29.8 Å². The Balaban J connectivity index is 1.68. The summed E-state index contributed by atoms with van der Waals surface area (Å²) in [7, 11) is 1.29. The van der Waals surface area contributed by atoms with E-state index >= 15 is 0 Å². The second-order valence-corrected chi connectivity index (χ2v) is 9.30. The Morgan fingerprint density at radius 1 is 1.15 bits per heavy atom. The van der Waals surface area contributed by atoms with Crippen molar-refractivity contribution < 1.29 is 24.0 Å². The van der Waals surface area contributed by atoms with E-state index in [2.05, 4.69) is 10.6 Å². The first-order chi connectivity index (χ1) is 16.1. The van der Waals surface area contributed by atoms with Crippen molar-refractivity contribution >= 4 is 34.8 Å². The number of nitro benzene ring substituents is 1. The van der Waals surface area contributed by atoms with Crippen molar-refractivity contribution in [3.05, 3.63) is 57.6 Å². The molecule has 3 aliphatic rings. The second kappa shape index (κ2) is 7.36. The van der Waals surface area contributed by atoms with Crippen LogP contribution in [0.5, 0.6) is 5.75 Å². The molecule has 4 atom stereocenters. The molecule has 3 amide bonds. The molecule has 2 fully saturated rings. The first kappa shape index (κ1) is 22.0. The summed E-state index contributed by atoms with van der Waals surface area (Å²) in [4.78, 5) is 53.1. The highest BCUT2D eigenvalue weighted by Crippen LogP contribution is 2.55. The molecule has 0 bridgehead atoms. The van der Waals surface area contributed by atoms with Crippen molar-refractivity contribution in [3.8, 4) is 5.75 Å². The average Bonchev–Trinajstić information content (AvgIpc) is 3.39. The van der Waals surface area contributed by atoms with Crippen molar-refractivity contribution in [1.29, 1.82) is 0 Å². The number of carbonyl (C=O) groups excluding carboxylic acids is 3. The molecule has 176 valence electrons. The SMILES string of the molecule is COc1cc(N2C(=O)[C@@H]3[C@H](C(C)C)N[C@@]4(C(=O)Nc5ccccc54)[C@H]3C2=O)c(C)cc1[N+](=O)[O-]. The number of anilines is 2. The summed E-state index contributed by atoms with van der Waals surface area (Å²) in [6.45, 7) is 5.47. The topological polar surface area (TPSA) is 131 Å². The van der Waals surface area contributed by atoms with Gasteiger partial charge in [-0.15, -0.1) is 0 Å². The van der Waals surface area contributed by atoms with Gasteiger partial charge in [-0.25, -0.2) is 4.90 Å². The highest BCUT2D eigenvalue weighted by molar-refractivity contribution is 6.26. The van der Waals surface area contributed by atoms with Crippen LogP contribution in [0.25, 0.3) is 0 Å².